The third-order valence-electron chi connectivity index (χ3n) is 7.57. The SMILES string of the molecule is CC[C@H](Cc1ccccc1)[C@@H](OCCCc1ccccc1)[C@H](C)OC(=O)[C@H](C)CC(=O)c1nccc(OC)c1OCOC(C)=O. The van der Waals surface area contributed by atoms with E-state index in [-0.39, 0.29) is 35.6 Å². The molecule has 0 spiro atoms. The second-order valence-corrected chi connectivity index (χ2v) is 11.0. The summed E-state index contributed by atoms with van der Waals surface area (Å²) in [6.07, 6.45) is 3.72. The van der Waals surface area contributed by atoms with Crippen molar-refractivity contribution < 1.29 is 38.1 Å². The van der Waals surface area contributed by atoms with Crippen LogP contribution in [0.4, 0.5) is 0 Å². The Morgan fingerprint density at radius 1 is 0.911 bits per heavy atom. The zero-order valence-electron chi connectivity index (χ0n) is 26.9. The van der Waals surface area contributed by atoms with E-state index in [2.05, 4.69) is 36.2 Å². The van der Waals surface area contributed by atoms with Crippen LogP contribution in [0.25, 0.3) is 0 Å². The maximum Gasteiger partial charge on any atom is 0.309 e. The van der Waals surface area contributed by atoms with Crippen molar-refractivity contribution in [3.05, 3.63) is 89.7 Å². The Kier molecular flexibility index (Phi) is 14.5. The molecule has 1 heterocycles. The number of benzene rings is 2. The quantitative estimate of drug-likeness (QED) is 0.0650. The predicted octanol–water partition coefficient (Wildman–Crippen LogP) is 6.42. The van der Waals surface area contributed by atoms with E-state index >= 15 is 0 Å². The highest BCUT2D eigenvalue weighted by molar-refractivity contribution is 5.99. The van der Waals surface area contributed by atoms with Gasteiger partial charge in [0.05, 0.1) is 19.1 Å². The monoisotopic (exact) mass is 619 g/mol. The highest BCUT2D eigenvalue weighted by Gasteiger charge is 2.32. The minimum absolute atomic E-state index is 0.0252. The van der Waals surface area contributed by atoms with Crippen molar-refractivity contribution in [1.29, 1.82) is 0 Å². The normalized spacial score (nSPS) is 13.6. The van der Waals surface area contributed by atoms with Crippen LogP contribution >= 0.6 is 0 Å². The molecule has 4 atom stereocenters. The van der Waals surface area contributed by atoms with E-state index in [1.807, 2.05) is 43.3 Å². The van der Waals surface area contributed by atoms with Gasteiger partial charge < -0.3 is 23.7 Å². The summed E-state index contributed by atoms with van der Waals surface area (Å²) < 4.78 is 28.1. The molecule has 45 heavy (non-hydrogen) atoms. The van der Waals surface area contributed by atoms with Gasteiger partial charge in [-0.3, -0.25) is 14.4 Å². The summed E-state index contributed by atoms with van der Waals surface area (Å²) in [7, 11) is 1.42. The number of ether oxygens (including phenoxy) is 5. The smallest absolute Gasteiger partial charge is 0.309 e. The number of aryl methyl sites for hydroxylation is 1. The molecule has 9 heteroatoms. The molecule has 0 amide bonds. The molecule has 1 aromatic heterocycles. The highest BCUT2D eigenvalue weighted by Crippen LogP contribution is 2.31. The molecule has 2 aromatic carbocycles. The van der Waals surface area contributed by atoms with Crippen LogP contribution in [0.2, 0.25) is 0 Å². The van der Waals surface area contributed by atoms with Gasteiger partial charge in [0.15, 0.2) is 23.0 Å². The fourth-order valence-electron chi connectivity index (χ4n) is 5.13. The van der Waals surface area contributed by atoms with Crippen molar-refractivity contribution in [3.8, 4) is 11.5 Å². The van der Waals surface area contributed by atoms with Gasteiger partial charge in [0, 0.05) is 32.2 Å². The van der Waals surface area contributed by atoms with E-state index in [1.54, 1.807) is 6.92 Å². The Balaban J connectivity index is 1.68. The number of rotatable bonds is 19. The number of ketones is 1. The lowest BCUT2D eigenvalue weighted by molar-refractivity contribution is -0.163. The number of Topliss-reactive ketones (excluding diaryl/α,β-unsaturated/α-hetero) is 1. The van der Waals surface area contributed by atoms with Crippen molar-refractivity contribution in [2.75, 3.05) is 20.5 Å². The molecular weight excluding hydrogens is 574 g/mol. The molecule has 0 unspecified atom stereocenters. The van der Waals surface area contributed by atoms with E-state index in [1.165, 1.54) is 37.4 Å². The number of pyridine rings is 1. The van der Waals surface area contributed by atoms with Gasteiger partial charge in [-0.25, -0.2) is 4.98 Å². The lowest BCUT2D eigenvalue weighted by atomic mass is 9.89. The summed E-state index contributed by atoms with van der Waals surface area (Å²) in [6, 6.07) is 22.0. The van der Waals surface area contributed by atoms with E-state index in [0.717, 1.165) is 25.7 Å². The molecule has 3 rings (SSSR count). The fraction of sp³-hybridized carbons (Fsp3) is 0.444. The minimum atomic E-state index is -0.762. The molecule has 0 N–H and O–H groups in total. The standard InChI is InChI=1S/C36H45NO8/c1-6-30(23-29-16-11-8-12-17-29)34(42-21-13-18-28-14-9-7-10-15-28)26(3)45-36(40)25(2)22-31(39)33-35(44-24-43-27(4)38)32(41-5)19-20-37-33/h7-12,14-17,19-20,25-26,30,34H,6,13,18,21-24H2,1-5H3/t25-,26+,30-,34+/m1/s1. The number of carbonyl (C=O) groups is 3. The summed E-state index contributed by atoms with van der Waals surface area (Å²) in [4.78, 5) is 41.9. The molecule has 9 nitrogen and oxygen atoms in total. The van der Waals surface area contributed by atoms with Crippen LogP contribution in [-0.2, 0) is 36.6 Å². The molecule has 0 bridgehead atoms. The van der Waals surface area contributed by atoms with Gasteiger partial charge in [-0.1, -0.05) is 80.9 Å². The van der Waals surface area contributed by atoms with E-state index < -0.39 is 36.5 Å². The zero-order chi connectivity index (χ0) is 32.6. The van der Waals surface area contributed by atoms with Gasteiger partial charge in [-0.15, -0.1) is 0 Å². The first kappa shape index (κ1) is 35.2. The molecule has 0 aliphatic carbocycles. The van der Waals surface area contributed by atoms with Crippen LogP contribution in [0.5, 0.6) is 11.5 Å². The van der Waals surface area contributed by atoms with Gasteiger partial charge in [-0.2, -0.15) is 0 Å². The summed E-state index contributed by atoms with van der Waals surface area (Å²) in [5.41, 5.74) is 2.41. The van der Waals surface area contributed by atoms with Crippen molar-refractivity contribution in [1.82, 2.24) is 4.98 Å². The summed E-state index contributed by atoms with van der Waals surface area (Å²) >= 11 is 0. The number of nitrogens with zero attached hydrogens (tertiary/aromatic N) is 1. The van der Waals surface area contributed by atoms with E-state index in [4.69, 9.17) is 23.7 Å². The third-order valence-corrected chi connectivity index (χ3v) is 7.57. The Labute approximate surface area is 266 Å². The van der Waals surface area contributed by atoms with Crippen LogP contribution < -0.4 is 9.47 Å². The molecule has 3 aromatic rings. The molecule has 0 aliphatic heterocycles. The minimum Gasteiger partial charge on any atom is -0.493 e. The maximum atomic E-state index is 13.3. The number of esters is 2. The number of hydrogen-bond donors (Lipinski definition) is 0. The van der Waals surface area contributed by atoms with Crippen molar-refractivity contribution >= 4 is 17.7 Å². The van der Waals surface area contributed by atoms with Crippen LogP contribution in [0.15, 0.2) is 72.9 Å². The van der Waals surface area contributed by atoms with Crippen molar-refractivity contribution in [2.45, 2.75) is 72.0 Å². The number of aromatic nitrogens is 1. The van der Waals surface area contributed by atoms with Gasteiger partial charge in [0.25, 0.3) is 0 Å². The van der Waals surface area contributed by atoms with Gasteiger partial charge >= 0.3 is 11.9 Å². The van der Waals surface area contributed by atoms with Crippen LogP contribution in [0, 0.1) is 11.8 Å². The lowest BCUT2D eigenvalue weighted by Crippen LogP contribution is -2.39. The molecule has 242 valence electrons. The third kappa shape index (κ3) is 11.3. The molecule has 0 aliphatic rings. The number of hydrogen-bond acceptors (Lipinski definition) is 9. The number of carbonyl (C=O) groups excluding carboxylic acids is 3. The number of methoxy groups -OCH3 is 1. The molecular formula is C36H45NO8. The maximum absolute atomic E-state index is 13.3. The van der Waals surface area contributed by atoms with E-state index in [0.29, 0.717) is 6.61 Å². The first-order valence-electron chi connectivity index (χ1n) is 15.5. The van der Waals surface area contributed by atoms with Gasteiger partial charge in [0.1, 0.15) is 6.10 Å². The summed E-state index contributed by atoms with van der Waals surface area (Å²) in [6.45, 7) is 6.97. The van der Waals surface area contributed by atoms with Crippen LogP contribution in [-0.4, -0.2) is 55.4 Å². The highest BCUT2D eigenvalue weighted by atomic mass is 16.7. The Morgan fingerprint density at radius 3 is 2.20 bits per heavy atom. The Bertz CT molecular complexity index is 1350. The Morgan fingerprint density at radius 2 is 1.58 bits per heavy atom. The van der Waals surface area contributed by atoms with Gasteiger partial charge in [-0.05, 0) is 43.2 Å². The Hall–Kier alpha value is -4.24. The zero-order valence-corrected chi connectivity index (χ0v) is 26.9. The lowest BCUT2D eigenvalue weighted by Gasteiger charge is -2.32. The predicted molar refractivity (Wildman–Crippen MR) is 170 cm³/mol. The van der Waals surface area contributed by atoms with E-state index in [9.17, 15) is 14.4 Å². The van der Waals surface area contributed by atoms with Crippen LogP contribution in [0.1, 0.15) is 68.6 Å². The first-order chi connectivity index (χ1) is 21.7. The molecule has 0 saturated carbocycles. The summed E-state index contributed by atoms with van der Waals surface area (Å²) in [5.74, 6) is -1.84. The first-order valence-corrected chi connectivity index (χ1v) is 15.5. The molecule has 0 radical (unpaired) electrons. The molecule has 0 saturated heterocycles. The second-order valence-electron chi connectivity index (χ2n) is 11.0. The second kappa shape index (κ2) is 18.5. The summed E-state index contributed by atoms with van der Waals surface area (Å²) in [5, 5.41) is 0. The topological polar surface area (TPSA) is 110 Å². The largest absolute Gasteiger partial charge is 0.493 e. The van der Waals surface area contributed by atoms with Crippen molar-refractivity contribution in [3.63, 3.8) is 0 Å². The average Bonchev–Trinajstić information content (AvgIpc) is 3.04. The average molecular weight is 620 g/mol. The van der Waals surface area contributed by atoms with Crippen LogP contribution in [0.3, 0.4) is 0 Å². The molecule has 0 fully saturated rings. The fourth-order valence-corrected chi connectivity index (χ4v) is 5.13. The van der Waals surface area contributed by atoms with Crippen molar-refractivity contribution in [2.24, 2.45) is 11.8 Å². The van der Waals surface area contributed by atoms with Gasteiger partial charge in [0.2, 0.25) is 6.79 Å².